The summed E-state index contributed by atoms with van der Waals surface area (Å²) in [5, 5.41) is 6.85. The number of aryl methyl sites for hydroxylation is 2. The number of carbonyl (C=O) groups is 1. The summed E-state index contributed by atoms with van der Waals surface area (Å²) >= 11 is 0. The molecule has 0 unspecified atom stereocenters. The number of amides is 1. The third-order valence-electron chi connectivity index (χ3n) is 2.78. The zero-order valence-electron chi connectivity index (χ0n) is 10.6. The van der Waals surface area contributed by atoms with Crippen molar-refractivity contribution in [3.05, 3.63) is 42.0 Å². The van der Waals surface area contributed by atoms with Crippen molar-refractivity contribution < 1.29 is 4.79 Å². The highest BCUT2D eigenvalue weighted by molar-refractivity contribution is 5.92. The quantitative estimate of drug-likeness (QED) is 0.892. The second-order valence-electron chi connectivity index (χ2n) is 4.10. The van der Waals surface area contributed by atoms with Gasteiger partial charge in [0.05, 0.1) is 0 Å². The first-order chi connectivity index (χ1) is 8.70. The van der Waals surface area contributed by atoms with Gasteiger partial charge in [-0.1, -0.05) is 25.1 Å². The van der Waals surface area contributed by atoms with E-state index in [-0.39, 0.29) is 12.5 Å². The minimum atomic E-state index is -0.0931. The Labute approximate surface area is 106 Å². The Morgan fingerprint density at radius 2 is 2.28 bits per heavy atom. The molecule has 0 aliphatic heterocycles. The molecule has 1 heterocycles. The van der Waals surface area contributed by atoms with Gasteiger partial charge in [-0.25, -0.2) is 9.67 Å². The Morgan fingerprint density at radius 3 is 2.94 bits per heavy atom. The van der Waals surface area contributed by atoms with Gasteiger partial charge in [-0.3, -0.25) is 4.79 Å². The average Bonchev–Trinajstić information content (AvgIpc) is 2.84. The molecular weight excluding hydrogens is 228 g/mol. The second-order valence-corrected chi connectivity index (χ2v) is 4.10. The fourth-order valence-electron chi connectivity index (χ4n) is 1.84. The number of aromatic nitrogens is 3. The summed E-state index contributed by atoms with van der Waals surface area (Å²) in [6.07, 6.45) is 3.83. The summed E-state index contributed by atoms with van der Waals surface area (Å²) < 4.78 is 1.50. The zero-order valence-corrected chi connectivity index (χ0v) is 10.6. The average molecular weight is 244 g/mol. The van der Waals surface area contributed by atoms with Gasteiger partial charge in [-0.2, -0.15) is 5.10 Å². The highest BCUT2D eigenvalue weighted by Crippen LogP contribution is 2.20. The molecule has 0 aliphatic rings. The minimum Gasteiger partial charge on any atom is -0.324 e. The second kappa shape index (κ2) is 5.44. The van der Waals surface area contributed by atoms with Crippen molar-refractivity contribution in [3.63, 3.8) is 0 Å². The molecule has 18 heavy (non-hydrogen) atoms. The number of nitrogens with one attached hydrogen (secondary N) is 1. The molecule has 5 heteroatoms. The predicted molar refractivity (Wildman–Crippen MR) is 69.2 cm³/mol. The van der Waals surface area contributed by atoms with E-state index in [2.05, 4.69) is 22.3 Å². The monoisotopic (exact) mass is 244 g/mol. The van der Waals surface area contributed by atoms with Crippen LogP contribution in [-0.4, -0.2) is 20.7 Å². The van der Waals surface area contributed by atoms with Crippen LogP contribution >= 0.6 is 0 Å². The number of hydrogen-bond donors (Lipinski definition) is 1. The third-order valence-corrected chi connectivity index (χ3v) is 2.78. The van der Waals surface area contributed by atoms with Gasteiger partial charge in [0, 0.05) is 5.69 Å². The number of anilines is 1. The highest BCUT2D eigenvalue weighted by Gasteiger charge is 2.09. The van der Waals surface area contributed by atoms with E-state index >= 15 is 0 Å². The maximum atomic E-state index is 11.9. The van der Waals surface area contributed by atoms with Crippen LogP contribution in [0.4, 0.5) is 5.69 Å². The molecule has 0 fully saturated rings. The molecule has 1 aromatic carbocycles. The standard InChI is InChI=1S/C13H16N4O/c1-3-11-6-4-5-10(2)13(11)16-12(18)7-17-9-14-8-15-17/h4-6,8-9H,3,7H2,1-2H3,(H,16,18). The molecule has 2 rings (SSSR count). The molecule has 94 valence electrons. The molecule has 0 saturated heterocycles. The summed E-state index contributed by atoms with van der Waals surface area (Å²) in [6.45, 7) is 4.24. The van der Waals surface area contributed by atoms with Crippen LogP contribution in [0.15, 0.2) is 30.9 Å². The van der Waals surface area contributed by atoms with E-state index in [1.807, 2.05) is 25.1 Å². The number of benzene rings is 1. The number of rotatable bonds is 4. The molecule has 5 nitrogen and oxygen atoms in total. The summed E-state index contributed by atoms with van der Waals surface area (Å²) in [4.78, 5) is 15.7. The van der Waals surface area contributed by atoms with Gasteiger partial charge in [0.1, 0.15) is 19.2 Å². The lowest BCUT2D eigenvalue weighted by atomic mass is 10.1. The summed E-state index contributed by atoms with van der Waals surface area (Å²) in [5.41, 5.74) is 3.12. The minimum absolute atomic E-state index is 0.0931. The SMILES string of the molecule is CCc1cccc(C)c1NC(=O)Cn1cncn1. The first-order valence-corrected chi connectivity index (χ1v) is 5.91. The van der Waals surface area contributed by atoms with Crippen LogP contribution in [0.3, 0.4) is 0 Å². The topological polar surface area (TPSA) is 59.8 Å². The summed E-state index contributed by atoms with van der Waals surface area (Å²) in [5.74, 6) is -0.0931. The number of carbonyl (C=O) groups excluding carboxylic acids is 1. The van der Waals surface area contributed by atoms with Gasteiger partial charge in [0.2, 0.25) is 5.91 Å². The van der Waals surface area contributed by atoms with Crippen LogP contribution in [0.1, 0.15) is 18.1 Å². The van der Waals surface area contributed by atoms with Crippen LogP contribution in [0.25, 0.3) is 0 Å². The molecule has 0 saturated carbocycles. The smallest absolute Gasteiger partial charge is 0.246 e. The van der Waals surface area contributed by atoms with Gasteiger partial charge in [-0.15, -0.1) is 0 Å². The zero-order chi connectivity index (χ0) is 13.0. The lowest BCUT2D eigenvalue weighted by molar-refractivity contribution is -0.116. The Kier molecular flexibility index (Phi) is 3.72. The first-order valence-electron chi connectivity index (χ1n) is 5.91. The highest BCUT2D eigenvalue weighted by atomic mass is 16.2. The molecular formula is C13H16N4O. The molecule has 0 spiro atoms. The van der Waals surface area contributed by atoms with Crippen molar-refractivity contribution in [2.45, 2.75) is 26.8 Å². The number of hydrogen-bond acceptors (Lipinski definition) is 3. The summed E-state index contributed by atoms with van der Waals surface area (Å²) in [6, 6.07) is 6.02. The number of nitrogens with zero attached hydrogens (tertiary/aromatic N) is 3. The van der Waals surface area contributed by atoms with E-state index in [0.717, 1.165) is 23.2 Å². The third kappa shape index (κ3) is 2.74. The van der Waals surface area contributed by atoms with E-state index < -0.39 is 0 Å². The molecule has 0 atom stereocenters. The molecule has 0 bridgehead atoms. The van der Waals surface area contributed by atoms with E-state index in [1.165, 1.54) is 17.3 Å². The van der Waals surface area contributed by atoms with Crippen LogP contribution in [-0.2, 0) is 17.8 Å². The Morgan fingerprint density at radius 1 is 1.44 bits per heavy atom. The van der Waals surface area contributed by atoms with Crippen molar-refractivity contribution in [2.75, 3.05) is 5.32 Å². The molecule has 2 aromatic rings. The van der Waals surface area contributed by atoms with Crippen LogP contribution in [0.5, 0.6) is 0 Å². The van der Waals surface area contributed by atoms with E-state index in [4.69, 9.17) is 0 Å². The molecule has 0 radical (unpaired) electrons. The van der Waals surface area contributed by atoms with Crippen molar-refractivity contribution in [1.82, 2.24) is 14.8 Å². The van der Waals surface area contributed by atoms with Gasteiger partial charge < -0.3 is 5.32 Å². The molecule has 1 N–H and O–H groups in total. The fraction of sp³-hybridized carbons (Fsp3) is 0.308. The van der Waals surface area contributed by atoms with Crippen molar-refractivity contribution >= 4 is 11.6 Å². The number of para-hydroxylation sites is 1. The molecule has 1 aromatic heterocycles. The Hall–Kier alpha value is -2.17. The lowest BCUT2D eigenvalue weighted by Crippen LogP contribution is -2.20. The largest absolute Gasteiger partial charge is 0.324 e. The van der Waals surface area contributed by atoms with Crippen molar-refractivity contribution in [3.8, 4) is 0 Å². The van der Waals surface area contributed by atoms with Crippen molar-refractivity contribution in [2.24, 2.45) is 0 Å². The van der Waals surface area contributed by atoms with E-state index in [0.29, 0.717) is 0 Å². The Bertz CT molecular complexity index is 534. The lowest BCUT2D eigenvalue weighted by Gasteiger charge is -2.12. The Balaban J connectivity index is 2.11. The van der Waals surface area contributed by atoms with E-state index in [9.17, 15) is 4.79 Å². The predicted octanol–water partition coefficient (Wildman–Crippen LogP) is 1.79. The van der Waals surface area contributed by atoms with Gasteiger partial charge in [0.15, 0.2) is 0 Å². The summed E-state index contributed by atoms with van der Waals surface area (Å²) in [7, 11) is 0. The molecule has 1 amide bonds. The van der Waals surface area contributed by atoms with Gasteiger partial charge in [0.25, 0.3) is 0 Å². The van der Waals surface area contributed by atoms with Crippen molar-refractivity contribution in [1.29, 1.82) is 0 Å². The maximum absolute atomic E-state index is 11.9. The van der Waals surface area contributed by atoms with Crippen LogP contribution in [0.2, 0.25) is 0 Å². The first kappa shape index (κ1) is 12.3. The molecule has 0 aliphatic carbocycles. The van der Waals surface area contributed by atoms with Gasteiger partial charge >= 0.3 is 0 Å². The fourth-order valence-corrected chi connectivity index (χ4v) is 1.84. The maximum Gasteiger partial charge on any atom is 0.246 e. The van der Waals surface area contributed by atoms with Crippen LogP contribution < -0.4 is 5.32 Å². The van der Waals surface area contributed by atoms with Crippen LogP contribution in [0, 0.1) is 6.92 Å². The normalized spacial score (nSPS) is 10.3. The van der Waals surface area contributed by atoms with E-state index in [1.54, 1.807) is 0 Å². The van der Waals surface area contributed by atoms with Gasteiger partial charge in [-0.05, 0) is 24.5 Å².